The molecule has 4 rings (SSSR count). The van der Waals surface area contributed by atoms with Crippen LogP contribution in [0.2, 0.25) is 5.02 Å². The summed E-state index contributed by atoms with van der Waals surface area (Å²) in [5.41, 5.74) is 9.30. The molecule has 5 heteroatoms. The van der Waals surface area contributed by atoms with Crippen LogP contribution in [0.15, 0.2) is 54.6 Å². The second kappa shape index (κ2) is 6.00. The molecule has 1 aliphatic rings. The average Bonchev–Trinajstić information content (AvgIpc) is 2.63. The molecule has 0 fully saturated rings. The summed E-state index contributed by atoms with van der Waals surface area (Å²) in [6, 6.07) is 15.0. The number of carbonyl (C=O) groups excluding carboxylic acids is 2. The summed E-state index contributed by atoms with van der Waals surface area (Å²) in [4.78, 5) is 25.8. The number of nitrogens with two attached hydrogens (primary N) is 1. The summed E-state index contributed by atoms with van der Waals surface area (Å²) in [5.74, 6) is -0.397. The van der Waals surface area contributed by atoms with Crippen molar-refractivity contribution < 1.29 is 14.7 Å². The first-order valence-electron chi connectivity index (χ1n) is 8.04. The van der Waals surface area contributed by atoms with E-state index in [1.165, 1.54) is 0 Å². The summed E-state index contributed by atoms with van der Waals surface area (Å²) in [6.07, 6.45) is 0.489. The standard InChI is InChI=1S/C21H14ClNO3/c22-16-3-1-2-14-17(16)20(25)15-9-6-12(19(23)18(15)21(14)26)10-11-4-7-13(24)8-5-11/h1-9,24H,10,23H2. The summed E-state index contributed by atoms with van der Waals surface area (Å²) in [5, 5.41) is 9.66. The number of ketones is 2. The van der Waals surface area contributed by atoms with Gasteiger partial charge in [-0.3, -0.25) is 9.59 Å². The predicted octanol–water partition coefficient (Wildman–Crippen LogP) is 3.99. The second-order valence-electron chi connectivity index (χ2n) is 6.22. The molecule has 0 aliphatic heterocycles. The number of anilines is 1. The molecule has 4 nitrogen and oxygen atoms in total. The molecule has 0 amide bonds. The Morgan fingerprint density at radius 2 is 1.50 bits per heavy atom. The summed E-state index contributed by atoms with van der Waals surface area (Å²) in [7, 11) is 0. The molecule has 26 heavy (non-hydrogen) atoms. The number of carbonyl (C=O) groups is 2. The van der Waals surface area contributed by atoms with Gasteiger partial charge in [0.15, 0.2) is 11.6 Å². The predicted molar refractivity (Wildman–Crippen MR) is 100 cm³/mol. The lowest BCUT2D eigenvalue weighted by Gasteiger charge is -2.21. The van der Waals surface area contributed by atoms with E-state index < -0.39 is 0 Å². The molecular weight excluding hydrogens is 350 g/mol. The number of hydrogen-bond donors (Lipinski definition) is 2. The number of nitrogen functional groups attached to an aromatic ring is 1. The Balaban J connectivity index is 1.82. The fraction of sp³-hybridized carbons (Fsp3) is 0.0476. The minimum Gasteiger partial charge on any atom is -0.508 e. The topological polar surface area (TPSA) is 80.4 Å². The van der Waals surface area contributed by atoms with Gasteiger partial charge in [0.05, 0.1) is 16.1 Å². The molecular formula is C21H14ClNO3. The van der Waals surface area contributed by atoms with Gasteiger partial charge in [-0.1, -0.05) is 41.9 Å². The Morgan fingerprint density at radius 1 is 0.846 bits per heavy atom. The van der Waals surface area contributed by atoms with Crippen molar-refractivity contribution in [2.75, 3.05) is 5.73 Å². The Bertz CT molecular complexity index is 1070. The molecule has 0 saturated heterocycles. The van der Waals surface area contributed by atoms with Gasteiger partial charge in [0.1, 0.15) is 5.75 Å². The third kappa shape index (κ3) is 2.47. The van der Waals surface area contributed by atoms with Gasteiger partial charge >= 0.3 is 0 Å². The number of halogens is 1. The van der Waals surface area contributed by atoms with E-state index in [1.807, 2.05) is 0 Å². The summed E-state index contributed by atoms with van der Waals surface area (Å²) < 4.78 is 0. The van der Waals surface area contributed by atoms with Gasteiger partial charge in [-0.15, -0.1) is 0 Å². The maximum Gasteiger partial charge on any atom is 0.196 e. The van der Waals surface area contributed by atoms with E-state index in [-0.39, 0.29) is 44.6 Å². The molecule has 0 spiro atoms. The molecule has 0 unspecified atom stereocenters. The average molecular weight is 364 g/mol. The van der Waals surface area contributed by atoms with Crippen LogP contribution in [0.5, 0.6) is 5.75 Å². The molecule has 3 aromatic rings. The van der Waals surface area contributed by atoms with E-state index in [0.717, 1.165) is 11.1 Å². The monoisotopic (exact) mass is 363 g/mol. The van der Waals surface area contributed by atoms with E-state index in [2.05, 4.69) is 0 Å². The highest BCUT2D eigenvalue weighted by Gasteiger charge is 2.33. The van der Waals surface area contributed by atoms with Crippen LogP contribution >= 0.6 is 11.6 Å². The maximum absolute atomic E-state index is 13.0. The molecule has 128 valence electrons. The van der Waals surface area contributed by atoms with Crippen LogP contribution < -0.4 is 5.73 Å². The second-order valence-corrected chi connectivity index (χ2v) is 6.63. The molecule has 3 aromatic carbocycles. The molecule has 0 bridgehead atoms. The van der Waals surface area contributed by atoms with Crippen LogP contribution in [0.3, 0.4) is 0 Å². The first kappa shape index (κ1) is 16.4. The van der Waals surface area contributed by atoms with E-state index in [9.17, 15) is 14.7 Å². The van der Waals surface area contributed by atoms with Crippen molar-refractivity contribution in [2.24, 2.45) is 0 Å². The largest absolute Gasteiger partial charge is 0.508 e. The van der Waals surface area contributed by atoms with Crippen molar-refractivity contribution >= 4 is 28.9 Å². The smallest absolute Gasteiger partial charge is 0.196 e. The van der Waals surface area contributed by atoms with Crippen molar-refractivity contribution in [3.8, 4) is 5.75 Å². The van der Waals surface area contributed by atoms with Crippen molar-refractivity contribution in [1.29, 1.82) is 0 Å². The van der Waals surface area contributed by atoms with Crippen molar-refractivity contribution in [3.05, 3.63) is 93.0 Å². The number of aromatic hydroxyl groups is 1. The van der Waals surface area contributed by atoms with Crippen LogP contribution in [0, 0.1) is 0 Å². The van der Waals surface area contributed by atoms with Gasteiger partial charge in [-0.05, 0) is 41.8 Å². The molecule has 0 radical (unpaired) electrons. The highest BCUT2D eigenvalue weighted by atomic mass is 35.5. The lowest BCUT2D eigenvalue weighted by molar-refractivity contribution is 0.0979. The van der Waals surface area contributed by atoms with Gasteiger partial charge in [-0.25, -0.2) is 0 Å². The van der Waals surface area contributed by atoms with Gasteiger partial charge in [0, 0.05) is 16.8 Å². The van der Waals surface area contributed by atoms with E-state index in [1.54, 1.807) is 54.6 Å². The van der Waals surface area contributed by atoms with E-state index >= 15 is 0 Å². The van der Waals surface area contributed by atoms with Crippen molar-refractivity contribution in [3.63, 3.8) is 0 Å². The molecule has 0 heterocycles. The molecule has 0 saturated carbocycles. The lowest BCUT2D eigenvalue weighted by Crippen LogP contribution is -2.23. The van der Waals surface area contributed by atoms with Gasteiger partial charge in [0.2, 0.25) is 0 Å². The number of fused-ring (bicyclic) bond motifs is 2. The Labute approximate surface area is 154 Å². The van der Waals surface area contributed by atoms with Gasteiger partial charge in [0.25, 0.3) is 0 Å². The third-order valence-electron chi connectivity index (χ3n) is 4.62. The zero-order valence-electron chi connectivity index (χ0n) is 13.6. The lowest BCUT2D eigenvalue weighted by atomic mass is 9.81. The number of benzene rings is 3. The number of hydrogen-bond acceptors (Lipinski definition) is 4. The molecule has 3 N–H and O–H groups in total. The SMILES string of the molecule is Nc1c(Cc2ccc(O)cc2)ccc2c1C(=O)c1cccc(Cl)c1C2=O. The maximum atomic E-state index is 13.0. The van der Waals surface area contributed by atoms with Crippen LogP contribution in [0.25, 0.3) is 0 Å². The Hall–Kier alpha value is -3.11. The van der Waals surface area contributed by atoms with E-state index in [4.69, 9.17) is 17.3 Å². The first-order valence-corrected chi connectivity index (χ1v) is 8.42. The normalized spacial score (nSPS) is 12.7. The number of rotatable bonds is 2. The zero-order chi connectivity index (χ0) is 18.4. The van der Waals surface area contributed by atoms with E-state index in [0.29, 0.717) is 12.1 Å². The number of phenolic OH excluding ortho intramolecular Hbond substituents is 1. The minimum absolute atomic E-state index is 0.182. The Morgan fingerprint density at radius 3 is 2.23 bits per heavy atom. The summed E-state index contributed by atoms with van der Waals surface area (Å²) in [6.45, 7) is 0. The minimum atomic E-state index is -0.290. The fourth-order valence-electron chi connectivity index (χ4n) is 3.30. The van der Waals surface area contributed by atoms with Crippen LogP contribution in [-0.4, -0.2) is 16.7 Å². The first-order chi connectivity index (χ1) is 12.5. The number of phenols is 1. The molecule has 0 atom stereocenters. The molecule has 0 aromatic heterocycles. The zero-order valence-corrected chi connectivity index (χ0v) is 14.4. The van der Waals surface area contributed by atoms with Crippen molar-refractivity contribution in [1.82, 2.24) is 0 Å². The van der Waals surface area contributed by atoms with Crippen molar-refractivity contribution in [2.45, 2.75) is 6.42 Å². The van der Waals surface area contributed by atoms with Gasteiger partial charge in [-0.2, -0.15) is 0 Å². The summed E-state index contributed by atoms with van der Waals surface area (Å²) >= 11 is 6.14. The highest BCUT2D eigenvalue weighted by molar-refractivity contribution is 6.39. The highest BCUT2D eigenvalue weighted by Crippen LogP contribution is 2.36. The van der Waals surface area contributed by atoms with Crippen LogP contribution in [0.4, 0.5) is 5.69 Å². The Kier molecular flexibility index (Phi) is 3.78. The fourth-order valence-corrected chi connectivity index (χ4v) is 3.56. The van der Waals surface area contributed by atoms with Crippen LogP contribution in [-0.2, 0) is 6.42 Å². The third-order valence-corrected chi connectivity index (χ3v) is 4.94. The van der Waals surface area contributed by atoms with Gasteiger partial charge < -0.3 is 10.8 Å². The van der Waals surface area contributed by atoms with Crippen LogP contribution in [0.1, 0.15) is 43.0 Å². The molecule has 1 aliphatic carbocycles. The quantitative estimate of drug-likeness (QED) is 0.527.